The second-order valence-electron chi connectivity index (χ2n) is 3.82. The summed E-state index contributed by atoms with van der Waals surface area (Å²) in [5.74, 6) is 1.06. The van der Waals surface area contributed by atoms with Crippen LogP contribution >= 0.6 is 0 Å². The number of carbonyl (C=O) groups is 1. The Balaban J connectivity index is 2.11. The van der Waals surface area contributed by atoms with E-state index in [1.807, 2.05) is 11.9 Å². The van der Waals surface area contributed by atoms with Crippen LogP contribution in [0.3, 0.4) is 0 Å². The van der Waals surface area contributed by atoms with Gasteiger partial charge in [-0.3, -0.25) is 4.79 Å². The molecule has 2 heteroatoms. The zero-order valence-electron chi connectivity index (χ0n) is 8.18. The smallest absolute Gasteiger partial charge is 0.222 e. The van der Waals surface area contributed by atoms with E-state index in [4.69, 9.17) is 0 Å². The summed E-state index contributed by atoms with van der Waals surface area (Å²) in [6.07, 6.45) is 5.63. The summed E-state index contributed by atoms with van der Waals surface area (Å²) >= 11 is 0. The molecule has 0 atom stereocenters. The van der Waals surface area contributed by atoms with E-state index in [1.165, 1.54) is 19.3 Å². The molecular weight excluding hydrogens is 150 g/mol. The molecule has 1 aliphatic carbocycles. The van der Waals surface area contributed by atoms with Gasteiger partial charge in [0.05, 0.1) is 0 Å². The Morgan fingerprint density at radius 2 is 2.17 bits per heavy atom. The highest BCUT2D eigenvalue weighted by molar-refractivity contribution is 5.76. The molecule has 0 aromatic rings. The maximum absolute atomic E-state index is 11.4. The summed E-state index contributed by atoms with van der Waals surface area (Å²) in [5.41, 5.74) is 0. The highest BCUT2D eigenvalue weighted by Gasteiger charge is 2.25. The molecule has 0 aliphatic heterocycles. The molecule has 0 heterocycles. The molecule has 1 saturated carbocycles. The fourth-order valence-corrected chi connectivity index (χ4v) is 1.24. The molecule has 1 rings (SSSR count). The number of unbranched alkanes of at least 4 members (excludes halogenated alkanes) is 1. The van der Waals surface area contributed by atoms with Crippen LogP contribution in [0.2, 0.25) is 0 Å². The van der Waals surface area contributed by atoms with E-state index in [1.54, 1.807) is 0 Å². The number of nitrogens with zero attached hydrogens (tertiary/aromatic N) is 1. The van der Waals surface area contributed by atoms with Crippen molar-refractivity contribution in [1.29, 1.82) is 0 Å². The number of hydrogen-bond acceptors (Lipinski definition) is 1. The standard InChI is InChI=1S/C10H19NO/c1-3-4-7-11(2)10(12)8-9-5-6-9/h9H,3-8H2,1-2H3. The van der Waals surface area contributed by atoms with E-state index >= 15 is 0 Å². The minimum atomic E-state index is 0.339. The second-order valence-corrected chi connectivity index (χ2v) is 3.82. The van der Waals surface area contributed by atoms with Crippen LogP contribution in [0.4, 0.5) is 0 Å². The third kappa shape index (κ3) is 3.24. The molecule has 70 valence electrons. The van der Waals surface area contributed by atoms with Crippen molar-refractivity contribution < 1.29 is 4.79 Å². The van der Waals surface area contributed by atoms with Crippen LogP contribution in [0.5, 0.6) is 0 Å². The minimum absolute atomic E-state index is 0.339. The lowest BCUT2D eigenvalue weighted by Gasteiger charge is -2.16. The summed E-state index contributed by atoms with van der Waals surface area (Å²) in [5, 5.41) is 0. The summed E-state index contributed by atoms with van der Waals surface area (Å²) in [6.45, 7) is 3.08. The Kier molecular flexibility index (Phi) is 3.57. The number of amides is 1. The summed E-state index contributed by atoms with van der Waals surface area (Å²) in [6, 6.07) is 0. The lowest BCUT2D eigenvalue weighted by molar-refractivity contribution is -0.130. The van der Waals surface area contributed by atoms with Crippen molar-refractivity contribution in [2.75, 3.05) is 13.6 Å². The van der Waals surface area contributed by atoms with Gasteiger partial charge in [-0.05, 0) is 25.2 Å². The highest BCUT2D eigenvalue weighted by Crippen LogP contribution is 2.32. The topological polar surface area (TPSA) is 20.3 Å². The van der Waals surface area contributed by atoms with Crippen LogP contribution < -0.4 is 0 Å². The molecule has 0 spiro atoms. The van der Waals surface area contributed by atoms with Gasteiger partial charge in [-0.25, -0.2) is 0 Å². The van der Waals surface area contributed by atoms with E-state index in [2.05, 4.69) is 6.92 Å². The first kappa shape index (κ1) is 9.56. The van der Waals surface area contributed by atoms with Gasteiger partial charge in [-0.2, -0.15) is 0 Å². The highest BCUT2D eigenvalue weighted by atomic mass is 16.2. The van der Waals surface area contributed by atoms with E-state index < -0.39 is 0 Å². The molecule has 2 nitrogen and oxygen atoms in total. The van der Waals surface area contributed by atoms with Gasteiger partial charge in [-0.1, -0.05) is 13.3 Å². The van der Waals surface area contributed by atoms with Crippen molar-refractivity contribution >= 4 is 5.91 Å². The van der Waals surface area contributed by atoms with Crippen molar-refractivity contribution in [2.45, 2.75) is 39.0 Å². The Labute approximate surface area is 74.9 Å². The van der Waals surface area contributed by atoms with Crippen molar-refractivity contribution in [1.82, 2.24) is 4.90 Å². The third-order valence-electron chi connectivity index (χ3n) is 2.43. The van der Waals surface area contributed by atoms with Crippen molar-refractivity contribution in [2.24, 2.45) is 5.92 Å². The molecule has 12 heavy (non-hydrogen) atoms. The van der Waals surface area contributed by atoms with Gasteiger partial charge in [0, 0.05) is 20.0 Å². The van der Waals surface area contributed by atoms with Gasteiger partial charge in [0.25, 0.3) is 0 Å². The van der Waals surface area contributed by atoms with Crippen LogP contribution in [0.1, 0.15) is 39.0 Å². The van der Waals surface area contributed by atoms with Crippen molar-refractivity contribution in [3.05, 3.63) is 0 Å². The van der Waals surface area contributed by atoms with Crippen LogP contribution in [0.15, 0.2) is 0 Å². The fraction of sp³-hybridized carbons (Fsp3) is 0.900. The SMILES string of the molecule is CCCCN(C)C(=O)CC1CC1. The Morgan fingerprint density at radius 1 is 1.50 bits per heavy atom. The Hall–Kier alpha value is -0.530. The predicted molar refractivity (Wildman–Crippen MR) is 49.9 cm³/mol. The Bertz CT molecular complexity index is 152. The van der Waals surface area contributed by atoms with Crippen molar-refractivity contribution in [3.63, 3.8) is 0 Å². The van der Waals surface area contributed by atoms with E-state index in [0.717, 1.165) is 25.3 Å². The van der Waals surface area contributed by atoms with Gasteiger partial charge >= 0.3 is 0 Å². The van der Waals surface area contributed by atoms with Gasteiger partial charge in [0.1, 0.15) is 0 Å². The molecule has 0 aromatic carbocycles. The lowest BCUT2D eigenvalue weighted by Crippen LogP contribution is -2.27. The Morgan fingerprint density at radius 3 is 2.67 bits per heavy atom. The molecule has 0 aromatic heterocycles. The maximum atomic E-state index is 11.4. The molecule has 0 unspecified atom stereocenters. The number of rotatable bonds is 5. The number of carbonyl (C=O) groups excluding carboxylic acids is 1. The van der Waals surface area contributed by atoms with Crippen LogP contribution in [-0.2, 0) is 4.79 Å². The fourth-order valence-electron chi connectivity index (χ4n) is 1.24. The van der Waals surface area contributed by atoms with Gasteiger partial charge in [-0.15, -0.1) is 0 Å². The summed E-state index contributed by atoms with van der Waals surface area (Å²) < 4.78 is 0. The first-order valence-corrected chi connectivity index (χ1v) is 4.98. The zero-order valence-corrected chi connectivity index (χ0v) is 8.18. The van der Waals surface area contributed by atoms with Gasteiger partial charge in [0.15, 0.2) is 0 Å². The predicted octanol–water partition coefficient (Wildman–Crippen LogP) is 2.04. The maximum Gasteiger partial charge on any atom is 0.222 e. The monoisotopic (exact) mass is 169 g/mol. The molecule has 0 radical (unpaired) electrons. The van der Waals surface area contributed by atoms with E-state index in [-0.39, 0.29) is 0 Å². The molecule has 0 N–H and O–H groups in total. The molecule has 0 saturated heterocycles. The molecular formula is C10H19NO. The van der Waals surface area contributed by atoms with Crippen LogP contribution in [0, 0.1) is 5.92 Å². The van der Waals surface area contributed by atoms with Crippen LogP contribution in [0.25, 0.3) is 0 Å². The summed E-state index contributed by atoms with van der Waals surface area (Å²) in [7, 11) is 1.92. The lowest BCUT2D eigenvalue weighted by atomic mass is 10.2. The third-order valence-corrected chi connectivity index (χ3v) is 2.43. The second kappa shape index (κ2) is 4.48. The van der Waals surface area contributed by atoms with Crippen LogP contribution in [-0.4, -0.2) is 24.4 Å². The largest absolute Gasteiger partial charge is 0.346 e. The molecule has 1 amide bonds. The normalized spacial score (nSPS) is 16.2. The average Bonchev–Trinajstić information content (AvgIpc) is 2.83. The van der Waals surface area contributed by atoms with Crippen molar-refractivity contribution in [3.8, 4) is 0 Å². The molecule has 1 fully saturated rings. The molecule has 1 aliphatic rings. The summed E-state index contributed by atoms with van der Waals surface area (Å²) in [4.78, 5) is 13.3. The number of hydrogen-bond donors (Lipinski definition) is 0. The van der Waals surface area contributed by atoms with E-state index in [9.17, 15) is 4.79 Å². The van der Waals surface area contributed by atoms with Gasteiger partial charge < -0.3 is 4.90 Å². The molecule has 0 bridgehead atoms. The minimum Gasteiger partial charge on any atom is -0.346 e. The van der Waals surface area contributed by atoms with E-state index in [0.29, 0.717) is 5.91 Å². The quantitative estimate of drug-likeness (QED) is 0.616. The first-order valence-electron chi connectivity index (χ1n) is 4.98. The average molecular weight is 169 g/mol. The zero-order chi connectivity index (χ0) is 8.97. The first-order chi connectivity index (χ1) is 5.74. The van der Waals surface area contributed by atoms with Gasteiger partial charge in [0.2, 0.25) is 5.91 Å².